The Labute approximate surface area is 119 Å². The molecule has 1 N–H and O–H groups in total. The van der Waals surface area contributed by atoms with Gasteiger partial charge in [-0.15, -0.1) is 0 Å². The molecule has 0 radical (unpaired) electrons. The molecule has 20 heavy (non-hydrogen) atoms. The van der Waals surface area contributed by atoms with Crippen LogP contribution in [0.4, 0.5) is 0 Å². The molecule has 0 saturated carbocycles. The Hall–Kier alpha value is -1.63. The van der Waals surface area contributed by atoms with Crippen LogP contribution in [0.2, 0.25) is 19.6 Å². The number of rotatable bonds is 9. The average molecular weight is 302 g/mol. The number of carbonyl (C=O) groups is 3. The maximum Gasteiger partial charge on any atom is 0.331 e. The minimum Gasteiger partial charge on any atom is -0.520 e. The highest BCUT2D eigenvalue weighted by atomic mass is 28.4. The molecule has 7 heteroatoms. The lowest BCUT2D eigenvalue weighted by Gasteiger charge is -2.17. The monoisotopic (exact) mass is 302 g/mol. The van der Waals surface area contributed by atoms with Crippen LogP contribution in [0.5, 0.6) is 0 Å². The van der Waals surface area contributed by atoms with Crippen molar-refractivity contribution in [3.8, 4) is 0 Å². The minimum absolute atomic E-state index is 0.175. The molecule has 0 aromatic heterocycles. The van der Waals surface area contributed by atoms with E-state index in [9.17, 15) is 14.4 Å². The van der Waals surface area contributed by atoms with E-state index in [2.05, 4.69) is 0 Å². The summed E-state index contributed by atoms with van der Waals surface area (Å²) in [6.45, 7) is 6.07. The Morgan fingerprint density at radius 3 is 2.25 bits per heavy atom. The van der Waals surface area contributed by atoms with E-state index in [4.69, 9.17) is 14.3 Å². The van der Waals surface area contributed by atoms with Gasteiger partial charge in [-0.2, -0.15) is 0 Å². The van der Waals surface area contributed by atoms with Crippen LogP contribution in [0.25, 0.3) is 0 Å². The van der Waals surface area contributed by atoms with Crippen molar-refractivity contribution in [1.29, 1.82) is 0 Å². The SMILES string of the molecule is C[Si](C)(C)OC(=O)CCCCCOC(=O)/C=C\C(=O)O. The number of hydrogen-bond acceptors (Lipinski definition) is 5. The highest BCUT2D eigenvalue weighted by molar-refractivity contribution is 6.71. The molecular weight excluding hydrogens is 280 g/mol. The normalized spacial score (nSPS) is 11.3. The Morgan fingerprint density at radius 2 is 1.70 bits per heavy atom. The van der Waals surface area contributed by atoms with Crippen molar-refractivity contribution in [1.82, 2.24) is 0 Å². The summed E-state index contributed by atoms with van der Waals surface area (Å²) in [7, 11) is -1.80. The Morgan fingerprint density at radius 1 is 1.05 bits per heavy atom. The molecule has 0 aliphatic rings. The van der Waals surface area contributed by atoms with Crippen molar-refractivity contribution < 1.29 is 28.7 Å². The van der Waals surface area contributed by atoms with Gasteiger partial charge in [-0.1, -0.05) is 0 Å². The summed E-state index contributed by atoms with van der Waals surface area (Å²) in [5.74, 6) is -2.04. The number of esters is 1. The van der Waals surface area contributed by atoms with E-state index in [1.54, 1.807) is 0 Å². The van der Waals surface area contributed by atoms with Crippen molar-refractivity contribution in [2.75, 3.05) is 6.61 Å². The van der Waals surface area contributed by atoms with E-state index in [1.165, 1.54) is 0 Å². The molecule has 0 bridgehead atoms. The molecule has 0 aromatic rings. The van der Waals surface area contributed by atoms with Crippen LogP contribution in [0.15, 0.2) is 12.2 Å². The Kier molecular flexibility index (Phi) is 8.54. The van der Waals surface area contributed by atoms with Gasteiger partial charge in [0, 0.05) is 18.6 Å². The number of carboxylic acid groups (broad SMARTS) is 1. The molecule has 0 fully saturated rings. The number of carbonyl (C=O) groups excluding carboxylic acids is 2. The fraction of sp³-hybridized carbons (Fsp3) is 0.615. The first-order valence-corrected chi connectivity index (χ1v) is 9.91. The fourth-order valence-corrected chi connectivity index (χ4v) is 2.09. The lowest BCUT2D eigenvalue weighted by Crippen LogP contribution is -2.28. The Balaban J connectivity index is 3.56. The first-order chi connectivity index (χ1) is 9.20. The van der Waals surface area contributed by atoms with Crippen molar-refractivity contribution in [2.45, 2.75) is 45.3 Å². The van der Waals surface area contributed by atoms with Gasteiger partial charge in [-0.25, -0.2) is 9.59 Å². The zero-order valence-corrected chi connectivity index (χ0v) is 13.2. The topological polar surface area (TPSA) is 89.9 Å². The van der Waals surface area contributed by atoms with Gasteiger partial charge in [0.15, 0.2) is 0 Å². The van der Waals surface area contributed by atoms with Crippen molar-refractivity contribution in [2.24, 2.45) is 0 Å². The zero-order valence-electron chi connectivity index (χ0n) is 12.2. The third-order valence-corrected chi connectivity index (χ3v) is 2.89. The first-order valence-electron chi connectivity index (χ1n) is 6.50. The number of unbranched alkanes of at least 4 members (excludes halogenated alkanes) is 2. The highest BCUT2D eigenvalue weighted by Crippen LogP contribution is 2.08. The standard InChI is InChI=1S/C13H22O6Si/c1-20(2,3)19-13(17)7-5-4-6-10-18-12(16)9-8-11(14)15/h8-9H,4-7,10H2,1-3H3,(H,14,15)/b9-8-. The van der Waals surface area contributed by atoms with Gasteiger partial charge in [0.25, 0.3) is 5.97 Å². The van der Waals surface area contributed by atoms with Crippen LogP contribution in [-0.4, -0.2) is 37.9 Å². The van der Waals surface area contributed by atoms with E-state index in [0.29, 0.717) is 19.3 Å². The molecule has 0 heterocycles. The summed E-state index contributed by atoms with van der Waals surface area (Å²) in [6, 6.07) is 0. The van der Waals surface area contributed by atoms with Crippen LogP contribution < -0.4 is 0 Å². The molecule has 0 unspecified atom stereocenters. The van der Waals surface area contributed by atoms with Crippen LogP contribution in [0, 0.1) is 0 Å². The van der Waals surface area contributed by atoms with Gasteiger partial charge in [-0.05, 0) is 38.9 Å². The van der Waals surface area contributed by atoms with Crippen LogP contribution >= 0.6 is 0 Å². The fourth-order valence-electron chi connectivity index (χ4n) is 1.30. The molecule has 0 aromatic carbocycles. The van der Waals surface area contributed by atoms with Crippen molar-refractivity contribution in [3.63, 3.8) is 0 Å². The van der Waals surface area contributed by atoms with E-state index in [0.717, 1.165) is 18.6 Å². The van der Waals surface area contributed by atoms with Gasteiger partial charge in [0.1, 0.15) is 0 Å². The quantitative estimate of drug-likeness (QED) is 0.304. The third-order valence-electron chi connectivity index (χ3n) is 2.05. The van der Waals surface area contributed by atoms with E-state index in [-0.39, 0.29) is 12.6 Å². The molecule has 6 nitrogen and oxygen atoms in total. The summed E-state index contributed by atoms with van der Waals surface area (Å²) in [4.78, 5) is 32.6. The highest BCUT2D eigenvalue weighted by Gasteiger charge is 2.19. The second-order valence-electron chi connectivity index (χ2n) is 5.24. The van der Waals surface area contributed by atoms with Crippen LogP contribution in [0.3, 0.4) is 0 Å². The molecule has 0 amide bonds. The summed E-state index contributed by atoms with van der Waals surface area (Å²) in [5.41, 5.74) is 0. The van der Waals surface area contributed by atoms with Crippen molar-refractivity contribution >= 4 is 26.2 Å². The minimum atomic E-state index is -1.80. The smallest absolute Gasteiger partial charge is 0.331 e. The molecule has 0 aliphatic heterocycles. The first kappa shape index (κ1) is 18.4. The van der Waals surface area contributed by atoms with Gasteiger partial charge in [0.05, 0.1) is 6.61 Å². The van der Waals surface area contributed by atoms with Gasteiger partial charge in [0.2, 0.25) is 8.32 Å². The molecule has 0 saturated heterocycles. The van der Waals surface area contributed by atoms with Gasteiger partial charge >= 0.3 is 11.9 Å². The second kappa shape index (κ2) is 9.30. The van der Waals surface area contributed by atoms with E-state index < -0.39 is 20.3 Å². The van der Waals surface area contributed by atoms with Crippen molar-refractivity contribution in [3.05, 3.63) is 12.2 Å². The number of aliphatic carboxylic acids is 1. The Bertz CT molecular complexity index is 370. The predicted octanol–water partition coefficient (Wildman–Crippen LogP) is 2.11. The maximum absolute atomic E-state index is 11.4. The predicted molar refractivity (Wildman–Crippen MR) is 75.6 cm³/mol. The van der Waals surface area contributed by atoms with E-state index in [1.807, 2.05) is 19.6 Å². The number of hydrogen-bond donors (Lipinski definition) is 1. The molecule has 0 atom stereocenters. The molecular formula is C13H22O6Si. The number of carboxylic acids is 1. The van der Waals surface area contributed by atoms with Crippen LogP contribution in [-0.2, 0) is 23.5 Å². The summed E-state index contributed by atoms with van der Waals surface area (Å²) in [6.07, 6.45) is 4.04. The third kappa shape index (κ3) is 12.8. The zero-order chi connectivity index (χ0) is 15.6. The summed E-state index contributed by atoms with van der Waals surface area (Å²) in [5, 5.41) is 8.30. The van der Waals surface area contributed by atoms with E-state index >= 15 is 0 Å². The summed E-state index contributed by atoms with van der Waals surface area (Å²) >= 11 is 0. The largest absolute Gasteiger partial charge is 0.520 e. The average Bonchev–Trinajstić information content (AvgIpc) is 2.28. The molecule has 114 valence electrons. The molecule has 0 spiro atoms. The second-order valence-corrected chi connectivity index (χ2v) is 9.67. The summed E-state index contributed by atoms with van der Waals surface area (Å²) < 4.78 is 10.1. The molecule has 0 aliphatic carbocycles. The van der Waals surface area contributed by atoms with Gasteiger partial charge < -0.3 is 14.3 Å². The molecule has 0 rings (SSSR count). The van der Waals surface area contributed by atoms with Crippen LogP contribution in [0.1, 0.15) is 25.7 Å². The van der Waals surface area contributed by atoms with Gasteiger partial charge in [-0.3, -0.25) is 4.79 Å². The lowest BCUT2D eigenvalue weighted by molar-refractivity contribution is -0.139. The maximum atomic E-state index is 11.4. The lowest BCUT2D eigenvalue weighted by atomic mass is 10.2. The number of ether oxygens (including phenoxy) is 1.